The lowest BCUT2D eigenvalue weighted by Gasteiger charge is -2.08. The van der Waals surface area contributed by atoms with Gasteiger partial charge in [0.05, 0.1) is 19.3 Å². The van der Waals surface area contributed by atoms with Crippen molar-refractivity contribution in [2.75, 3.05) is 18.4 Å². The number of hydrogen-bond acceptors (Lipinski definition) is 7. The second-order valence-corrected chi connectivity index (χ2v) is 6.28. The molecule has 1 aromatic heterocycles. The number of carbonyl (C=O) groups is 2. The largest absolute Gasteiger partial charge is 0.462 e. The summed E-state index contributed by atoms with van der Waals surface area (Å²) in [4.78, 5) is 23.6. The first kappa shape index (κ1) is 17.2. The van der Waals surface area contributed by atoms with Gasteiger partial charge < -0.3 is 9.47 Å². The summed E-state index contributed by atoms with van der Waals surface area (Å²) in [7, 11) is -3.15. The number of amides is 1. The smallest absolute Gasteiger partial charge is 0.422 e. The number of esters is 1. The lowest BCUT2D eigenvalue weighted by Crippen LogP contribution is -2.35. The lowest BCUT2D eigenvalue weighted by molar-refractivity contribution is 0.0528. The van der Waals surface area contributed by atoms with Crippen LogP contribution in [0.25, 0.3) is 0 Å². The van der Waals surface area contributed by atoms with Crippen molar-refractivity contribution in [2.45, 2.75) is 20.3 Å². The molecule has 0 aliphatic heterocycles. The van der Waals surface area contributed by atoms with Crippen LogP contribution < -0.4 is 9.44 Å². The molecule has 2 N–H and O–H groups in total. The zero-order valence-electron chi connectivity index (χ0n) is 11.8. The first-order chi connectivity index (χ1) is 9.82. The summed E-state index contributed by atoms with van der Waals surface area (Å²) >= 11 is 1.09. The standard InChI is InChI=1S/C11H16N2O6S2/c1-4-7-6-8(10(14)19-5-2)9(20-7)12-21(16,17)13-11(15)18-3/h6,12H,4-5H2,1-3H3,(H,13,15). The molecular weight excluding hydrogens is 320 g/mol. The van der Waals surface area contributed by atoms with Crippen LogP contribution in [0.2, 0.25) is 0 Å². The SMILES string of the molecule is CCOC(=O)c1cc(CC)sc1NS(=O)(=O)NC(=O)OC. The highest BCUT2D eigenvalue weighted by molar-refractivity contribution is 7.91. The van der Waals surface area contributed by atoms with Crippen LogP contribution in [0.1, 0.15) is 29.1 Å². The molecule has 0 aliphatic rings. The van der Waals surface area contributed by atoms with Crippen LogP contribution in [0.15, 0.2) is 6.07 Å². The number of rotatable bonds is 6. The quantitative estimate of drug-likeness (QED) is 0.762. The van der Waals surface area contributed by atoms with Gasteiger partial charge in [0.15, 0.2) is 0 Å². The van der Waals surface area contributed by atoms with Gasteiger partial charge in [-0.2, -0.15) is 8.42 Å². The summed E-state index contributed by atoms with van der Waals surface area (Å²) in [6.07, 6.45) is -0.504. The maximum absolute atomic E-state index is 11.8. The lowest BCUT2D eigenvalue weighted by atomic mass is 10.2. The number of thiophene rings is 1. The Morgan fingerprint density at radius 3 is 2.52 bits per heavy atom. The van der Waals surface area contributed by atoms with Crippen LogP contribution in [0.3, 0.4) is 0 Å². The normalized spacial score (nSPS) is 10.8. The molecular formula is C11H16N2O6S2. The van der Waals surface area contributed by atoms with Gasteiger partial charge in [0, 0.05) is 4.88 Å². The average molecular weight is 336 g/mol. The fourth-order valence-corrected chi connectivity index (χ4v) is 3.39. The minimum atomic E-state index is -4.18. The number of ether oxygens (including phenoxy) is 2. The molecule has 118 valence electrons. The predicted octanol–water partition coefficient (Wildman–Crippen LogP) is 1.50. The van der Waals surface area contributed by atoms with E-state index in [-0.39, 0.29) is 17.2 Å². The van der Waals surface area contributed by atoms with Gasteiger partial charge in [-0.25, -0.2) is 14.3 Å². The summed E-state index contributed by atoms with van der Waals surface area (Å²) in [5, 5.41) is 0.0849. The summed E-state index contributed by atoms with van der Waals surface area (Å²) in [6, 6.07) is 1.55. The van der Waals surface area contributed by atoms with Gasteiger partial charge in [0.1, 0.15) is 5.00 Å². The number of anilines is 1. The second-order valence-electron chi connectivity index (χ2n) is 3.73. The molecule has 1 aromatic rings. The topological polar surface area (TPSA) is 111 Å². The molecule has 1 heterocycles. The van der Waals surface area contributed by atoms with E-state index < -0.39 is 22.3 Å². The van der Waals surface area contributed by atoms with Gasteiger partial charge in [-0.05, 0) is 19.4 Å². The van der Waals surface area contributed by atoms with Gasteiger partial charge >= 0.3 is 22.3 Å². The summed E-state index contributed by atoms with van der Waals surface area (Å²) in [6.45, 7) is 3.68. The van der Waals surface area contributed by atoms with E-state index in [1.54, 1.807) is 17.7 Å². The molecule has 21 heavy (non-hydrogen) atoms. The fraction of sp³-hybridized carbons (Fsp3) is 0.455. The third kappa shape index (κ3) is 4.90. The zero-order chi connectivity index (χ0) is 16.0. The van der Waals surface area contributed by atoms with E-state index in [0.29, 0.717) is 6.42 Å². The summed E-state index contributed by atoms with van der Waals surface area (Å²) in [5.74, 6) is -0.635. The molecule has 0 aliphatic carbocycles. The third-order valence-electron chi connectivity index (χ3n) is 2.26. The van der Waals surface area contributed by atoms with Crippen LogP contribution in [0.5, 0.6) is 0 Å². The van der Waals surface area contributed by atoms with Crippen molar-refractivity contribution >= 4 is 38.6 Å². The van der Waals surface area contributed by atoms with Crippen molar-refractivity contribution in [3.05, 3.63) is 16.5 Å². The Morgan fingerprint density at radius 2 is 2.00 bits per heavy atom. The Hall–Kier alpha value is -1.81. The fourth-order valence-electron chi connectivity index (χ4n) is 1.35. The molecule has 0 atom stereocenters. The number of nitrogens with one attached hydrogen (secondary N) is 2. The van der Waals surface area contributed by atoms with Crippen LogP contribution in [0, 0.1) is 0 Å². The molecule has 0 aromatic carbocycles. The Bertz CT molecular complexity index is 623. The maximum atomic E-state index is 11.8. The average Bonchev–Trinajstić information content (AvgIpc) is 2.80. The van der Waals surface area contributed by atoms with Crippen molar-refractivity contribution < 1.29 is 27.5 Å². The van der Waals surface area contributed by atoms with E-state index in [1.165, 1.54) is 0 Å². The van der Waals surface area contributed by atoms with Crippen molar-refractivity contribution in [3.8, 4) is 0 Å². The van der Waals surface area contributed by atoms with Gasteiger partial charge in [-0.15, -0.1) is 11.3 Å². The zero-order valence-corrected chi connectivity index (χ0v) is 13.4. The first-order valence-electron chi connectivity index (χ1n) is 6.01. The maximum Gasteiger partial charge on any atom is 0.422 e. The third-order valence-corrected chi connectivity index (χ3v) is 4.49. The molecule has 0 fully saturated rings. The minimum Gasteiger partial charge on any atom is -0.462 e. The molecule has 0 bridgehead atoms. The molecule has 0 saturated carbocycles. The monoisotopic (exact) mass is 336 g/mol. The van der Waals surface area contributed by atoms with Gasteiger partial charge in [-0.3, -0.25) is 4.72 Å². The van der Waals surface area contributed by atoms with Crippen LogP contribution in [-0.2, 0) is 26.1 Å². The van der Waals surface area contributed by atoms with Crippen LogP contribution in [0.4, 0.5) is 9.80 Å². The molecule has 8 nitrogen and oxygen atoms in total. The molecule has 10 heteroatoms. The van der Waals surface area contributed by atoms with E-state index in [1.807, 2.05) is 6.92 Å². The molecule has 1 amide bonds. The molecule has 0 radical (unpaired) electrons. The highest BCUT2D eigenvalue weighted by atomic mass is 32.2. The molecule has 1 rings (SSSR count). The Morgan fingerprint density at radius 1 is 1.33 bits per heavy atom. The molecule has 0 unspecified atom stereocenters. The van der Waals surface area contributed by atoms with E-state index in [4.69, 9.17) is 4.74 Å². The first-order valence-corrected chi connectivity index (χ1v) is 8.31. The van der Waals surface area contributed by atoms with Gasteiger partial charge in [-0.1, -0.05) is 6.92 Å². The van der Waals surface area contributed by atoms with E-state index in [2.05, 4.69) is 9.46 Å². The van der Waals surface area contributed by atoms with E-state index in [9.17, 15) is 18.0 Å². The van der Waals surface area contributed by atoms with Crippen molar-refractivity contribution in [3.63, 3.8) is 0 Å². The predicted molar refractivity (Wildman–Crippen MR) is 77.7 cm³/mol. The molecule has 0 saturated heterocycles. The number of aryl methyl sites for hydroxylation is 1. The second kappa shape index (κ2) is 7.27. The Labute approximate surface area is 126 Å². The Balaban J connectivity index is 3.04. The van der Waals surface area contributed by atoms with Crippen molar-refractivity contribution in [1.82, 2.24) is 4.72 Å². The summed E-state index contributed by atoms with van der Waals surface area (Å²) < 4.78 is 36.3. The van der Waals surface area contributed by atoms with Gasteiger partial charge in [0.2, 0.25) is 0 Å². The van der Waals surface area contributed by atoms with Crippen LogP contribution in [-0.4, -0.2) is 34.2 Å². The van der Waals surface area contributed by atoms with Crippen LogP contribution >= 0.6 is 11.3 Å². The summed E-state index contributed by atoms with van der Waals surface area (Å²) in [5.41, 5.74) is 0.106. The Kier molecular flexibility index (Phi) is 5.97. The number of carbonyl (C=O) groups excluding carboxylic acids is 2. The number of hydrogen-bond donors (Lipinski definition) is 2. The minimum absolute atomic E-state index is 0.0849. The molecule has 0 spiro atoms. The van der Waals surface area contributed by atoms with E-state index >= 15 is 0 Å². The van der Waals surface area contributed by atoms with Gasteiger partial charge in [0.25, 0.3) is 0 Å². The highest BCUT2D eigenvalue weighted by Crippen LogP contribution is 2.29. The van der Waals surface area contributed by atoms with E-state index in [0.717, 1.165) is 23.3 Å². The van der Waals surface area contributed by atoms with Crippen molar-refractivity contribution in [1.29, 1.82) is 0 Å². The highest BCUT2D eigenvalue weighted by Gasteiger charge is 2.22. The van der Waals surface area contributed by atoms with Crippen molar-refractivity contribution in [2.24, 2.45) is 0 Å². The number of methoxy groups -OCH3 is 1.